The fourth-order valence-corrected chi connectivity index (χ4v) is 1.42. The van der Waals surface area contributed by atoms with Crippen molar-refractivity contribution in [2.24, 2.45) is 11.3 Å². The second-order valence-electron chi connectivity index (χ2n) is 5.81. The zero-order chi connectivity index (χ0) is 14.8. The van der Waals surface area contributed by atoms with Crippen molar-refractivity contribution in [3.8, 4) is 5.95 Å². The van der Waals surface area contributed by atoms with Gasteiger partial charge in [0, 0.05) is 6.54 Å². The van der Waals surface area contributed by atoms with E-state index in [1.165, 1.54) is 17.3 Å². The van der Waals surface area contributed by atoms with Gasteiger partial charge in [0.2, 0.25) is 11.9 Å². The molecule has 2 heterocycles. The highest BCUT2D eigenvalue weighted by Crippen LogP contribution is 2.25. The maximum Gasteiger partial charge on any atom is 0.258 e. The van der Waals surface area contributed by atoms with Crippen molar-refractivity contribution in [2.45, 2.75) is 27.7 Å². The van der Waals surface area contributed by atoms with Gasteiger partial charge in [-0.15, -0.1) is 0 Å². The maximum atomic E-state index is 5.69. The number of nitrogen functional groups attached to an aromatic ring is 1. The Morgan fingerprint density at radius 3 is 2.65 bits per heavy atom. The number of anilines is 2. The van der Waals surface area contributed by atoms with Crippen molar-refractivity contribution in [1.29, 1.82) is 0 Å². The molecule has 0 amide bonds. The average Bonchev–Trinajstić information content (AvgIpc) is 2.88. The van der Waals surface area contributed by atoms with Gasteiger partial charge in [-0.25, -0.2) is 4.98 Å². The number of nitrogens with one attached hydrogen (secondary N) is 1. The molecule has 2 aromatic heterocycles. The molecule has 1 atom stereocenters. The zero-order valence-corrected chi connectivity index (χ0v) is 12.2. The van der Waals surface area contributed by atoms with E-state index in [0.717, 1.165) is 6.54 Å². The van der Waals surface area contributed by atoms with Crippen LogP contribution in [0.5, 0.6) is 0 Å². The van der Waals surface area contributed by atoms with E-state index in [-0.39, 0.29) is 11.4 Å². The summed E-state index contributed by atoms with van der Waals surface area (Å²) in [5.74, 6) is 1.40. The minimum absolute atomic E-state index is 0.149. The molecular formula is C12H20N8. The van der Waals surface area contributed by atoms with E-state index in [4.69, 9.17) is 5.73 Å². The summed E-state index contributed by atoms with van der Waals surface area (Å²) in [5.41, 5.74) is 5.90. The molecule has 20 heavy (non-hydrogen) atoms. The van der Waals surface area contributed by atoms with Gasteiger partial charge >= 0.3 is 0 Å². The normalized spacial score (nSPS) is 13.2. The molecule has 3 N–H and O–H groups in total. The van der Waals surface area contributed by atoms with Crippen LogP contribution in [0.15, 0.2) is 12.7 Å². The molecule has 0 aliphatic rings. The molecule has 108 valence electrons. The summed E-state index contributed by atoms with van der Waals surface area (Å²) in [4.78, 5) is 16.2. The fourth-order valence-electron chi connectivity index (χ4n) is 1.42. The van der Waals surface area contributed by atoms with E-state index in [2.05, 4.69) is 58.0 Å². The van der Waals surface area contributed by atoms with Gasteiger partial charge in [-0.05, 0) is 11.3 Å². The number of hydrogen-bond acceptors (Lipinski definition) is 7. The molecular weight excluding hydrogens is 256 g/mol. The van der Waals surface area contributed by atoms with Crippen LogP contribution in [0, 0.1) is 11.3 Å². The zero-order valence-electron chi connectivity index (χ0n) is 12.2. The van der Waals surface area contributed by atoms with Crippen LogP contribution >= 0.6 is 0 Å². The quantitative estimate of drug-likeness (QED) is 0.861. The Morgan fingerprint density at radius 1 is 1.30 bits per heavy atom. The van der Waals surface area contributed by atoms with Gasteiger partial charge in [0.1, 0.15) is 12.7 Å². The molecule has 1 unspecified atom stereocenters. The number of hydrogen-bond donors (Lipinski definition) is 2. The Kier molecular flexibility index (Phi) is 3.82. The molecule has 0 bridgehead atoms. The first-order valence-corrected chi connectivity index (χ1v) is 6.46. The topological polar surface area (TPSA) is 107 Å². The predicted octanol–water partition coefficient (Wildman–Crippen LogP) is 1.13. The molecule has 0 radical (unpaired) electrons. The fraction of sp³-hybridized carbons (Fsp3) is 0.583. The van der Waals surface area contributed by atoms with Crippen LogP contribution in [0.3, 0.4) is 0 Å². The summed E-state index contributed by atoms with van der Waals surface area (Å²) in [7, 11) is 0. The first kappa shape index (κ1) is 14.2. The van der Waals surface area contributed by atoms with Crippen LogP contribution in [0.2, 0.25) is 0 Å². The number of aromatic nitrogens is 6. The lowest BCUT2D eigenvalue weighted by atomic mass is 9.82. The Bertz CT molecular complexity index is 557. The van der Waals surface area contributed by atoms with E-state index < -0.39 is 0 Å². The van der Waals surface area contributed by atoms with Crippen LogP contribution in [0.4, 0.5) is 11.9 Å². The summed E-state index contributed by atoms with van der Waals surface area (Å²) in [6, 6.07) is 0. The summed E-state index contributed by atoms with van der Waals surface area (Å²) < 4.78 is 1.44. The highest BCUT2D eigenvalue weighted by atomic mass is 15.4. The maximum absolute atomic E-state index is 5.69. The lowest BCUT2D eigenvalue weighted by Gasteiger charge is -2.27. The van der Waals surface area contributed by atoms with Gasteiger partial charge in [-0.1, -0.05) is 27.7 Å². The Morgan fingerprint density at radius 2 is 2.05 bits per heavy atom. The van der Waals surface area contributed by atoms with E-state index in [1.54, 1.807) is 0 Å². The van der Waals surface area contributed by atoms with Gasteiger partial charge in [0.05, 0.1) is 0 Å². The van der Waals surface area contributed by atoms with Crippen LogP contribution in [-0.4, -0.2) is 36.3 Å². The number of nitrogens with zero attached hydrogens (tertiary/aromatic N) is 6. The molecule has 0 fully saturated rings. The van der Waals surface area contributed by atoms with Crippen molar-refractivity contribution < 1.29 is 0 Å². The molecule has 8 nitrogen and oxygen atoms in total. The summed E-state index contributed by atoms with van der Waals surface area (Å²) in [6.45, 7) is 9.52. The molecule has 0 saturated carbocycles. The minimum atomic E-state index is 0.149. The summed E-state index contributed by atoms with van der Waals surface area (Å²) in [5, 5.41) is 7.16. The van der Waals surface area contributed by atoms with E-state index in [0.29, 0.717) is 17.8 Å². The lowest BCUT2D eigenvalue weighted by molar-refractivity contribution is 0.274. The standard InChI is InChI=1S/C12H20N8/c1-8(12(2,3)4)5-15-10-17-9(13)18-11(19-10)20-7-14-6-16-20/h6-8H,5H2,1-4H3,(H3,13,15,17,18,19). The lowest BCUT2D eigenvalue weighted by Crippen LogP contribution is -2.25. The third-order valence-corrected chi connectivity index (χ3v) is 3.31. The highest BCUT2D eigenvalue weighted by Gasteiger charge is 2.20. The Labute approximate surface area is 117 Å². The van der Waals surface area contributed by atoms with Crippen molar-refractivity contribution in [3.05, 3.63) is 12.7 Å². The van der Waals surface area contributed by atoms with Gasteiger partial charge < -0.3 is 11.1 Å². The van der Waals surface area contributed by atoms with Crippen molar-refractivity contribution in [3.63, 3.8) is 0 Å². The number of nitrogens with two attached hydrogens (primary N) is 1. The first-order chi connectivity index (χ1) is 9.36. The van der Waals surface area contributed by atoms with E-state index in [1.807, 2.05) is 0 Å². The van der Waals surface area contributed by atoms with Crippen LogP contribution in [0.1, 0.15) is 27.7 Å². The summed E-state index contributed by atoms with van der Waals surface area (Å²) in [6.07, 6.45) is 2.92. The molecule has 0 saturated heterocycles. The molecule has 0 spiro atoms. The Hall–Kier alpha value is -2.25. The Balaban J connectivity index is 2.13. The van der Waals surface area contributed by atoms with Crippen molar-refractivity contribution in [2.75, 3.05) is 17.6 Å². The van der Waals surface area contributed by atoms with Crippen molar-refractivity contribution in [1.82, 2.24) is 29.7 Å². The SMILES string of the molecule is CC(CNc1nc(N)nc(-n2cncn2)n1)C(C)(C)C. The summed E-state index contributed by atoms with van der Waals surface area (Å²) >= 11 is 0. The molecule has 2 aromatic rings. The second-order valence-corrected chi connectivity index (χ2v) is 5.81. The molecule has 8 heteroatoms. The molecule has 0 aromatic carbocycles. The van der Waals surface area contributed by atoms with Crippen molar-refractivity contribution >= 4 is 11.9 Å². The molecule has 0 aliphatic carbocycles. The predicted molar refractivity (Wildman–Crippen MR) is 76.3 cm³/mol. The third kappa shape index (κ3) is 3.40. The van der Waals surface area contributed by atoms with Gasteiger partial charge in [0.25, 0.3) is 5.95 Å². The second kappa shape index (κ2) is 5.40. The molecule has 0 aliphatic heterocycles. The monoisotopic (exact) mass is 276 g/mol. The average molecular weight is 276 g/mol. The first-order valence-electron chi connectivity index (χ1n) is 6.46. The van der Waals surface area contributed by atoms with Crippen LogP contribution < -0.4 is 11.1 Å². The van der Waals surface area contributed by atoms with E-state index >= 15 is 0 Å². The minimum Gasteiger partial charge on any atom is -0.368 e. The van der Waals surface area contributed by atoms with Crippen LogP contribution in [0.25, 0.3) is 5.95 Å². The highest BCUT2D eigenvalue weighted by molar-refractivity contribution is 5.34. The van der Waals surface area contributed by atoms with Gasteiger partial charge in [-0.3, -0.25) is 0 Å². The third-order valence-electron chi connectivity index (χ3n) is 3.31. The smallest absolute Gasteiger partial charge is 0.258 e. The van der Waals surface area contributed by atoms with Crippen LogP contribution in [-0.2, 0) is 0 Å². The number of rotatable bonds is 4. The van der Waals surface area contributed by atoms with E-state index in [9.17, 15) is 0 Å². The van der Waals surface area contributed by atoms with Gasteiger partial charge in [-0.2, -0.15) is 24.7 Å². The molecule has 2 rings (SSSR count). The van der Waals surface area contributed by atoms with Gasteiger partial charge in [0.15, 0.2) is 0 Å². The largest absolute Gasteiger partial charge is 0.368 e.